The standard InChI is InChI=1S/C11H22N2O3/c1-8-6-13(7-9(5-12)15-8)10(14)16-11(2,3)4/h8-9H,5-7,12H2,1-4H3/t8-,9?/m1/s1. The highest BCUT2D eigenvalue weighted by Crippen LogP contribution is 2.15. The van der Waals surface area contributed by atoms with Crippen LogP contribution in [0.15, 0.2) is 0 Å². The first-order chi connectivity index (χ1) is 7.31. The molecular formula is C11H22N2O3. The van der Waals surface area contributed by atoms with Gasteiger partial charge in [-0.25, -0.2) is 4.79 Å². The summed E-state index contributed by atoms with van der Waals surface area (Å²) in [5.41, 5.74) is 5.09. The molecule has 0 bridgehead atoms. The SMILES string of the molecule is C[C@@H]1CN(C(=O)OC(C)(C)C)CC(CN)O1. The summed E-state index contributed by atoms with van der Waals surface area (Å²) < 4.78 is 10.9. The van der Waals surface area contributed by atoms with Crippen LogP contribution in [-0.4, -0.2) is 48.4 Å². The molecule has 1 aliphatic rings. The molecule has 1 amide bonds. The third-order valence-electron chi connectivity index (χ3n) is 2.24. The maximum absolute atomic E-state index is 11.8. The second-order valence-electron chi connectivity index (χ2n) is 5.19. The van der Waals surface area contributed by atoms with Gasteiger partial charge in [0.2, 0.25) is 0 Å². The van der Waals surface area contributed by atoms with Crippen LogP contribution < -0.4 is 5.73 Å². The molecule has 1 rings (SSSR count). The van der Waals surface area contributed by atoms with Gasteiger partial charge in [-0.15, -0.1) is 0 Å². The van der Waals surface area contributed by atoms with Gasteiger partial charge in [0, 0.05) is 6.54 Å². The third-order valence-corrected chi connectivity index (χ3v) is 2.24. The Labute approximate surface area is 96.9 Å². The second kappa shape index (κ2) is 5.01. The summed E-state index contributed by atoms with van der Waals surface area (Å²) in [5.74, 6) is 0. The van der Waals surface area contributed by atoms with Crippen molar-refractivity contribution in [3.05, 3.63) is 0 Å². The van der Waals surface area contributed by atoms with E-state index in [4.69, 9.17) is 15.2 Å². The molecule has 1 fully saturated rings. The number of nitrogens with zero attached hydrogens (tertiary/aromatic N) is 1. The maximum atomic E-state index is 11.8. The molecule has 1 aliphatic heterocycles. The Morgan fingerprint density at radius 1 is 1.50 bits per heavy atom. The topological polar surface area (TPSA) is 64.8 Å². The second-order valence-corrected chi connectivity index (χ2v) is 5.19. The van der Waals surface area contributed by atoms with E-state index in [-0.39, 0.29) is 18.3 Å². The predicted molar refractivity (Wildman–Crippen MR) is 61.2 cm³/mol. The summed E-state index contributed by atoms with van der Waals surface area (Å²) in [7, 11) is 0. The normalized spacial score (nSPS) is 26.7. The molecule has 5 heteroatoms. The lowest BCUT2D eigenvalue weighted by Gasteiger charge is -2.37. The van der Waals surface area contributed by atoms with Crippen LogP contribution in [0.1, 0.15) is 27.7 Å². The van der Waals surface area contributed by atoms with Crippen LogP contribution in [0.4, 0.5) is 4.79 Å². The first kappa shape index (κ1) is 13.3. The van der Waals surface area contributed by atoms with Gasteiger partial charge in [-0.05, 0) is 27.7 Å². The lowest BCUT2D eigenvalue weighted by atomic mass is 10.2. The molecule has 5 nitrogen and oxygen atoms in total. The number of ether oxygens (including phenoxy) is 2. The van der Waals surface area contributed by atoms with Gasteiger partial charge in [0.25, 0.3) is 0 Å². The summed E-state index contributed by atoms with van der Waals surface area (Å²) in [6, 6.07) is 0. The first-order valence-electron chi connectivity index (χ1n) is 5.65. The van der Waals surface area contributed by atoms with Crippen molar-refractivity contribution in [1.82, 2.24) is 4.90 Å². The zero-order valence-corrected chi connectivity index (χ0v) is 10.5. The number of carbonyl (C=O) groups excluding carboxylic acids is 1. The molecule has 2 atom stereocenters. The van der Waals surface area contributed by atoms with E-state index in [9.17, 15) is 4.79 Å². The maximum Gasteiger partial charge on any atom is 0.410 e. The van der Waals surface area contributed by atoms with E-state index < -0.39 is 5.60 Å². The fourth-order valence-corrected chi connectivity index (χ4v) is 1.65. The first-order valence-corrected chi connectivity index (χ1v) is 5.65. The Morgan fingerprint density at radius 3 is 2.62 bits per heavy atom. The molecule has 0 saturated carbocycles. The minimum atomic E-state index is -0.461. The van der Waals surface area contributed by atoms with Gasteiger partial charge >= 0.3 is 6.09 Å². The van der Waals surface area contributed by atoms with Gasteiger partial charge in [0.15, 0.2) is 0 Å². The zero-order valence-electron chi connectivity index (χ0n) is 10.5. The molecular weight excluding hydrogens is 208 g/mol. The fraction of sp³-hybridized carbons (Fsp3) is 0.909. The predicted octanol–water partition coefficient (Wildman–Crippen LogP) is 0.970. The summed E-state index contributed by atoms with van der Waals surface area (Å²) in [6.45, 7) is 8.99. The highest BCUT2D eigenvalue weighted by molar-refractivity contribution is 5.68. The molecule has 0 spiro atoms. The summed E-state index contributed by atoms with van der Waals surface area (Å²) in [4.78, 5) is 13.5. The van der Waals surface area contributed by atoms with Crippen molar-refractivity contribution in [2.24, 2.45) is 5.73 Å². The fourth-order valence-electron chi connectivity index (χ4n) is 1.65. The lowest BCUT2D eigenvalue weighted by molar-refractivity contribution is -0.0757. The summed E-state index contributed by atoms with van der Waals surface area (Å²) in [5, 5.41) is 0. The zero-order chi connectivity index (χ0) is 12.3. The number of rotatable bonds is 1. The van der Waals surface area contributed by atoms with E-state index in [0.717, 1.165) is 0 Å². The van der Waals surface area contributed by atoms with E-state index >= 15 is 0 Å². The van der Waals surface area contributed by atoms with Crippen LogP contribution in [0.25, 0.3) is 0 Å². The van der Waals surface area contributed by atoms with Crippen LogP contribution >= 0.6 is 0 Å². The van der Waals surface area contributed by atoms with Crippen molar-refractivity contribution in [3.8, 4) is 0 Å². The third kappa shape index (κ3) is 3.98. The Morgan fingerprint density at radius 2 is 2.12 bits per heavy atom. The molecule has 1 heterocycles. The van der Waals surface area contributed by atoms with Crippen molar-refractivity contribution in [3.63, 3.8) is 0 Å². The van der Waals surface area contributed by atoms with Crippen molar-refractivity contribution in [1.29, 1.82) is 0 Å². The largest absolute Gasteiger partial charge is 0.444 e. The molecule has 0 aliphatic carbocycles. The molecule has 0 aromatic rings. The Bertz CT molecular complexity index is 250. The highest BCUT2D eigenvalue weighted by atomic mass is 16.6. The van der Waals surface area contributed by atoms with Crippen molar-refractivity contribution < 1.29 is 14.3 Å². The monoisotopic (exact) mass is 230 g/mol. The Balaban J connectivity index is 2.55. The van der Waals surface area contributed by atoms with Gasteiger partial charge in [-0.2, -0.15) is 0 Å². The number of hydrogen-bond donors (Lipinski definition) is 1. The number of morpholine rings is 1. The molecule has 16 heavy (non-hydrogen) atoms. The van der Waals surface area contributed by atoms with Gasteiger partial charge in [-0.1, -0.05) is 0 Å². The number of hydrogen-bond acceptors (Lipinski definition) is 4. The molecule has 1 saturated heterocycles. The minimum absolute atomic E-state index is 0.00909. The number of nitrogens with two attached hydrogens (primary N) is 1. The molecule has 0 aromatic carbocycles. The summed E-state index contributed by atoms with van der Waals surface area (Å²) >= 11 is 0. The van der Waals surface area contributed by atoms with E-state index in [1.54, 1.807) is 4.90 Å². The van der Waals surface area contributed by atoms with Crippen LogP contribution in [0.2, 0.25) is 0 Å². The van der Waals surface area contributed by atoms with E-state index in [0.29, 0.717) is 19.6 Å². The minimum Gasteiger partial charge on any atom is -0.444 e. The van der Waals surface area contributed by atoms with Crippen LogP contribution in [0, 0.1) is 0 Å². The van der Waals surface area contributed by atoms with Crippen molar-refractivity contribution in [2.45, 2.75) is 45.5 Å². The quantitative estimate of drug-likeness (QED) is 0.729. The Kier molecular flexibility index (Phi) is 4.15. The highest BCUT2D eigenvalue weighted by Gasteiger charge is 2.30. The summed E-state index contributed by atoms with van der Waals surface area (Å²) in [6.07, 6.45) is -0.368. The van der Waals surface area contributed by atoms with Gasteiger partial charge in [0.1, 0.15) is 5.60 Å². The average molecular weight is 230 g/mol. The smallest absolute Gasteiger partial charge is 0.410 e. The molecule has 2 N–H and O–H groups in total. The lowest BCUT2D eigenvalue weighted by Crippen LogP contribution is -2.52. The molecule has 1 unspecified atom stereocenters. The van der Waals surface area contributed by atoms with Crippen molar-refractivity contribution in [2.75, 3.05) is 19.6 Å². The number of amides is 1. The Hall–Kier alpha value is -0.810. The van der Waals surface area contributed by atoms with Gasteiger partial charge in [0.05, 0.1) is 25.3 Å². The van der Waals surface area contributed by atoms with Crippen LogP contribution in [0.5, 0.6) is 0 Å². The van der Waals surface area contributed by atoms with Crippen molar-refractivity contribution >= 4 is 6.09 Å². The molecule has 0 aromatic heterocycles. The molecule has 0 radical (unpaired) electrons. The van der Waals surface area contributed by atoms with E-state index in [1.165, 1.54) is 0 Å². The molecule has 94 valence electrons. The van der Waals surface area contributed by atoms with Crippen LogP contribution in [-0.2, 0) is 9.47 Å². The van der Waals surface area contributed by atoms with Gasteiger partial charge in [-0.3, -0.25) is 0 Å². The van der Waals surface area contributed by atoms with Crippen LogP contribution in [0.3, 0.4) is 0 Å². The van der Waals surface area contributed by atoms with E-state index in [1.807, 2.05) is 27.7 Å². The van der Waals surface area contributed by atoms with Gasteiger partial charge < -0.3 is 20.1 Å². The average Bonchev–Trinajstić information content (AvgIpc) is 2.14. The number of carbonyl (C=O) groups is 1. The van der Waals surface area contributed by atoms with E-state index in [2.05, 4.69) is 0 Å².